The summed E-state index contributed by atoms with van der Waals surface area (Å²) in [7, 11) is 0. The second-order valence-electron chi connectivity index (χ2n) is 6.08. The number of amides is 1. The van der Waals surface area contributed by atoms with Crippen LogP contribution in [0.4, 0.5) is 0 Å². The second kappa shape index (κ2) is 6.40. The van der Waals surface area contributed by atoms with Gasteiger partial charge in [-0.3, -0.25) is 4.79 Å². The molecule has 0 unspecified atom stereocenters. The molecule has 110 valence electrons. The SMILES string of the molecule is CC[C@@H](c1ccccc1)N(C(=O)[C@@H](N)C(C)C)C1CC1. The topological polar surface area (TPSA) is 46.3 Å². The van der Waals surface area contributed by atoms with Gasteiger partial charge >= 0.3 is 0 Å². The van der Waals surface area contributed by atoms with Crippen molar-refractivity contribution in [2.75, 3.05) is 0 Å². The first kappa shape index (κ1) is 15.0. The summed E-state index contributed by atoms with van der Waals surface area (Å²) in [5, 5.41) is 0. The normalized spacial score (nSPS) is 17.9. The van der Waals surface area contributed by atoms with Crippen molar-refractivity contribution in [1.29, 1.82) is 0 Å². The summed E-state index contributed by atoms with van der Waals surface area (Å²) in [6.07, 6.45) is 3.15. The molecule has 1 fully saturated rings. The molecule has 2 N–H and O–H groups in total. The number of hydrogen-bond donors (Lipinski definition) is 1. The van der Waals surface area contributed by atoms with E-state index in [0.717, 1.165) is 19.3 Å². The predicted molar refractivity (Wildman–Crippen MR) is 82.2 cm³/mol. The molecule has 1 saturated carbocycles. The summed E-state index contributed by atoms with van der Waals surface area (Å²) in [6.45, 7) is 6.16. The van der Waals surface area contributed by atoms with Crippen LogP contribution in [0, 0.1) is 5.92 Å². The van der Waals surface area contributed by atoms with Crippen LogP contribution in [-0.4, -0.2) is 22.9 Å². The Morgan fingerprint density at radius 2 is 1.90 bits per heavy atom. The zero-order chi connectivity index (χ0) is 14.7. The molecule has 0 bridgehead atoms. The number of carbonyl (C=O) groups is 1. The molecule has 3 nitrogen and oxygen atoms in total. The van der Waals surface area contributed by atoms with Crippen LogP contribution in [0.5, 0.6) is 0 Å². The summed E-state index contributed by atoms with van der Waals surface area (Å²) in [4.78, 5) is 14.8. The van der Waals surface area contributed by atoms with E-state index in [1.54, 1.807) is 0 Å². The van der Waals surface area contributed by atoms with Crippen molar-refractivity contribution in [3.8, 4) is 0 Å². The maximum absolute atomic E-state index is 12.7. The molecule has 0 spiro atoms. The van der Waals surface area contributed by atoms with E-state index in [-0.39, 0.29) is 17.9 Å². The van der Waals surface area contributed by atoms with E-state index in [1.165, 1.54) is 5.56 Å². The molecule has 3 heteroatoms. The van der Waals surface area contributed by atoms with Crippen molar-refractivity contribution in [3.05, 3.63) is 35.9 Å². The van der Waals surface area contributed by atoms with Crippen molar-refractivity contribution >= 4 is 5.91 Å². The Morgan fingerprint density at radius 1 is 1.30 bits per heavy atom. The number of rotatable bonds is 6. The second-order valence-corrected chi connectivity index (χ2v) is 6.08. The largest absolute Gasteiger partial charge is 0.331 e. The molecule has 1 aliphatic rings. The standard InChI is InChI=1S/C17H26N2O/c1-4-15(13-8-6-5-7-9-13)19(14-10-11-14)17(20)16(18)12(2)3/h5-9,12,14-16H,4,10-11,18H2,1-3H3/t15-,16-/m0/s1. The number of benzene rings is 1. The zero-order valence-electron chi connectivity index (χ0n) is 12.8. The summed E-state index contributed by atoms with van der Waals surface area (Å²) in [6, 6.07) is 10.5. The third-order valence-electron chi connectivity index (χ3n) is 4.10. The van der Waals surface area contributed by atoms with Crippen molar-refractivity contribution in [3.63, 3.8) is 0 Å². The van der Waals surface area contributed by atoms with Crippen molar-refractivity contribution < 1.29 is 4.79 Å². The molecule has 0 heterocycles. The Kier molecular flexibility index (Phi) is 4.81. The van der Waals surface area contributed by atoms with Gasteiger partial charge in [0, 0.05) is 6.04 Å². The molecule has 0 aromatic heterocycles. The Bertz CT molecular complexity index is 440. The first-order chi connectivity index (χ1) is 9.56. The van der Waals surface area contributed by atoms with Gasteiger partial charge in [0.15, 0.2) is 0 Å². The van der Waals surface area contributed by atoms with Gasteiger partial charge in [0.25, 0.3) is 0 Å². The van der Waals surface area contributed by atoms with Crippen LogP contribution in [0.3, 0.4) is 0 Å². The number of carbonyl (C=O) groups excluding carboxylic acids is 1. The highest BCUT2D eigenvalue weighted by Crippen LogP contribution is 2.36. The molecule has 0 radical (unpaired) electrons. The minimum Gasteiger partial charge on any atom is -0.331 e. The van der Waals surface area contributed by atoms with Crippen LogP contribution in [-0.2, 0) is 4.79 Å². The molecule has 0 aliphatic heterocycles. The number of hydrogen-bond acceptors (Lipinski definition) is 2. The lowest BCUT2D eigenvalue weighted by Gasteiger charge is -2.34. The van der Waals surface area contributed by atoms with Crippen LogP contribution < -0.4 is 5.73 Å². The summed E-state index contributed by atoms with van der Waals surface area (Å²) in [5.74, 6) is 0.287. The monoisotopic (exact) mass is 274 g/mol. The van der Waals surface area contributed by atoms with E-state index in [2.05, 4.69) is 24.0 Å². The Balaban J connectivity index is 2.25. The lowest BCUT2D eigenvalue weighted by atomic mass is 9.98. The quantitative estimate of drug-likeness (QED) is 0.866. The van der Waals surface area contributed by atoms with E-state index in [1.807, 2.05) is 32.0 Å². The fourth-order valence-corrected chi connectivity index (χ4v) is 2.67. The average Bonchev–Trinajstić information content (AvgIpc) is 3.28. The Hall–Kier alpha value is -1.35. The zero-order valence-corrected chi connectivity index (χ0v) is 12.8. The Labute approximate surface area is 122 Å². The third kappa shape index (κ3) is 3.21. The van der Waals surface area contributed by atoms with Gasteiger partial charge in [-0.25, -0.2) is 0 Å². The van der Waals surface area contributed by atoms with Crippen molar-refractivity contribution in [2.45, 2.75) is 58.2 Å². The average molecular weight is 274 g/mol. The Morgan fingerprint density at radius 3 is 2.35 bits per heavy atom. The first-order valence-electron chi connectivity index (χ1n) is 7.69. The van der Waals surface area contributed by atoms with Crippen LogP contribution in [0.2, 0.25) is 0 Å². The molecule has 1 amide bonds. The van der Waals surface area contributed by atoms with Crippen LogP contribution in [0.25, 0.3) is 0 Å². The molecule has 2 atom stereocenters. The van der Waals surface area contributed by atoms with Crippen molar-refractivity contribution in [1.82, 2.24) is 4.90 Å². The van der Waals surface area contributed by atoms with Crippen LogP contribution in [0.1, 0.15) is 51.6 Å². The predicted octanol–water partition coefficient (Wildman–Crippen LogP) is 3.11. The fraction of sp³-hybridized carbons (Fsp3) is 0.588. The van der Waals surface area contributed by atoms with Gasteiger partial charge in [-0.05, 0) is 30.7 Å². The van der Waals surface area contributed by atoms with E-state index < -0.39 is 6.04 Å². The van der Waals surface area contributed by atoms with Crippen LogP contribution in [0.15, 0.2) is 30.3 Å². The van der Waals surface area contributed by atoms with Gasteiger partial charge in [0.2, 0.25) is 5.91 Å². The van der Waals surface area contributed by atoms with E-state index in [0.29, 0.717) is 6.04 Å². The fourth-order valence-electron chi connectivity index (χ4n) is 2.67. The number of nitrogens with two attached hydrogens (primary N) is 1. The molecular weight excluding hydrogens is 248 g/mol. The highest BCUT2D eigenvalue weighted by atomic mass is 16.2. The highest BCUT2D eigenvalue weighted by Gasteiger charge is 2.39. The third-order valence-corrected chi connectivity index (χ3v) is 4.10. The number of nitrogens with zero attached hydrogens (tertiary/aromatic N) is 1. The maximum atomic E-state index is 12.7. The minimum absolute atomic E-state index is 0.109. The molecule has 20 heavy (non-hydrogen) atoms. The van der Waals surface area contributed by atoms with E-state index in [9.17, 15) is 4.79 Å². The molecular formula is C17H26N2O. The first-order valence-corrected chi connectivity index (χ1v) is 7.69. The lowest BCUT2D eigenvalue weighted by molar-refractivity contribution is -0.137. The van der Waals surface area contributed by atoms with Gasteiger partial charge in [0.05, 0.1) is 12.1 Å². The minimum atomic E-state index is -0.395. The maximum Gasteiger partial charge on any atom is 0.240 e. The van der Waals surface area contributed by atoms with E-state index >= 15 is 0 Å². The molecule has 1 aliphatic carbocycles. The van der Waals surface area contributed by atoms with Crippen LogP contribution >= 0.6 is 0 Å². The van der Waals surface area contributed by atoms with Crippen molar-refractivity contribution in [2.24, 2.45) is 11.7 Å². The van der Waals surface area contributed by atoms with Gasteiger partial charge in [-0.15, -0.1) is 0 Å². The smallest absolute Gasteiger partial charge is 0.240 e. The summed E-state index contributed by atoms with van der Waals surface area (Å²) < 4.78 is 0. The van der Waals surface area contributed by atoms with E-state index in [4.69, 9.17) is 5.73 Å². The van der Waals surface area contributed by atoms with Gasteiger partial charge in [-0.1, -0.05) is 51.1 Å². The molecule has 2 rings (SSSR count). The molecule has 0 saturated heterocycles. The lowest BCUT2D eigenvalue weighted by Crippen LogP contribution is -2.48. The molecule has 1 aromatic carbocycles. The van der Waals surface area contributed by atoms with Gasteiger partial charge < -0.3 is 10.6 Å². The molecule has 1 aromatic rings. The van der Waals surface area contributed by atoms with Gasteiger partial charge in [-0.2, -0.15) is 0 Å². The summed E-state index contributed by atoms with van der Waals surface area (Å²) >= 11 is 0. The van der Waals surface area contributed by atoms with Gasteiger partial charge in [0.1, 0.15) is 0 Å². The summed E-state index contributed by atoms with van der Waals surface area (Å²) in [5.41, 5.74) is 7.32. The highest BCUT2D eigenvalue weighted by molar-refractivity contribution is 5.83.